The number of nitrogens with zero attached hydrogens (tertiary/aromatic N) is 2. The molecule has 1 amide bonds. The van der Waals surface area contributed by atoms with Crippen molar-refractivity contribution in [2.75, 3.05) is 19.6 Å². The van der Waals surface area contributed by atoms with E-state index in [1.807, 2.05) is 6.92 Å². The lowest BCUT2D eigenvalue weighted by atomic mass is 10.2. The van der Waals surface area contributed by atoms with Gasteiger partial charge < -0.3 is 9.32 Å². The topological polar surface area (TPSA) is 70.8 Å². The van der Waals surface area contributed by atoms with E-state index >= 15 is 0 Å². The third kappa shape index (κ3) is 4.54. The van der Waals surface area contributed by atoms with Gasteiger partial charge in [-0.25, -0.2) is 8.42 Å². The number of amides is 1. The Hall–Kier alpha value is -1.54. The Kier molecular flexibility index (Phi) is 6.70. The molecule has 0 saturated carbocycles. The van der Waals surface area contributed by atoms with Gasteiger partial charge in [0.05, 0.1) is 10.0 Å². The molecule has 152 valence electrons. The minimum absolute atomic E-state index is 0.00232. The summed E-state index contributed by atoms with van der Waals surface area (Å²) in [7, 11) is -3.71. The Morgan fingerprint density at radius 3 is 2.46 bits per heavy atom. The number of hydrogen-bond donors (Lipinski definition) is 0. The van der Waals surface area contributed by atoms with Gasteiger partial charge in [0, 0.05) is 26.2 Å². The second-order valence-corrected chi connectivity index (χ2v) is 9.33. The molecule has 0 atom stereocenters. The Balaban J connectivity index is 1.77. The minimum Gasteiger partial charge on any atom is -0.438 e. The molecule has 6 nitrogen and oxygen atoms in total. The molecule has 0 radical (unpaired) electrons. The number of sulfonamides is 1. The van der Waals surface area contributed by atoms with Crippen molar-refractivity contribution in [3.63, 3.8) is 0 Å². The van der Waals surface area contributed by atoms with Gasteiger partial charge in [-0.2, -0.15) is 4.31 Å². The van der Waals surface area contributed by atoms with Crippen LogP contribution in [0.3, 0.4) is 0 Å². The van der Waals surface area contributed by atoms with Crippen LogP contribution in [0.4, 0.5) is 0 Å². The van der Waals surface area contributed by atoms with Crippen LogP contribution in [-0.2, 0) is 16.6 Å². The van der Waals surface area contributed by atoms with Crippen molar-refractivity contribution in [2.45, 2.75) is 37.8 Å². The summed E-state index contributed by atoms with van der Waals surface area (Å²) >= 11 is 12.0. The fourth-order valence-corrected chi connectivity index (χ4v) is 4.90. The van der Waals surface area contributed by atoms with E-state index in [1.165, 1.54) is 16.4 Å². The number of carbonyl (C=O) groups excluding carboxylic acids is 1. The van der Waals surface area contributed by atoms with Crippen molar-refractivity contribution >= 4 is 39.1 Å². The number of benzene rings is 1. The Bertz CT molecular complexity index is 953. The van der Waals surface area contributed by atoms with Crippen LogP contribution in [0.2, 0.25) is 10.0 Å². The maximum atomic E-state index is 12.8. The van der Waals surface area contributed by atoms with Crippen LogP contribution in [0.5, 0.6) is 0 Å². The molecule has 1 fully saturated rings. The van der Waals surface area contributed by atoms with Gasteiger partial charge in [0.1, 0.15) is 0 Å². The molecule has 9 heteroatoms. The first kappa shape index (κ1) is 21.2. The van der Waals surface area contributed by atoms with Crippen molar-refractivity contribution in [3.05, 3.63) is 51.7 Å². The van der Waals surface area contributed by atoms with Crippen LogP contribution in [0.25, 0.3) is 0 Å². The number of halogens is 2. The van der Waals surface area contributed by atoms with E-state index in [0.717, 1.165) is 24.8 Å². The van der Waals surface area contributed by atoms with Gasteiger partial charge >= 0.3 is 0 Å². The average Bonchev–Trinajstić information content (AvgIpc) is 3.20. The summed E-state index contributed by atoms with van der Waals surface area (Å²) in [6, 6.07) is 7.93. The van der Waals surface area contributed by atoms with Crippen molar-refractivity contribution < 1.29 is 17.6 Å². The summed E-state index contributed by atoms with van der Waals surface area (Å²) in [5.74, 6) is -0.383. The number of rotatable bonds is 6. The molecule has 1 aliphatic heterocycles. The number of hydrogen-bond acceptors (Lipinski definition) is 4. The van der Waals surface area contributed by atoms with Crippen LogP contribution in [0, 0.1) is 0 Å². The lowest BCUT2D eigenvalue weighted by molar-refractivity contribution is 0.0714. The molecule has 2 heterocycles. The van der Waals surface area contributed by atoms with Crippen LogP contribution >= 0.6 is 23.2 Å². The number of piperidine rings is 1. The summed E-state index contributed by atoms with van der Waals surface area (Å²) < 4.78 is 32.3. The Morgan fingerprint density at radius 2 is 1.82 bits per heavy atom. The Labute approximate surface area is 175 Å². The van der Waals surface area contributed by atoms with Gasteiger partial charge in [0.25, 0.3) is 15.9 Å². The highest BCUT2D eigenvalue weighted by Crippen LogP contribution is 2.25. The molecule has 2 aromatic rings. The monoisotopic (exact) mass is 444 g/mol. The fourth-order valence-electron chi connectivity index (χ4n) is 3.15. The van der Waals surface area contributed by atoms with Gasteiger partial charge in [-0.15, -0.1) is 0 Å². The SMILES string of the molecule is CCN(Cc1ccc(Cl)c(Cl)c1)C(=O)c1ccc(S(=O)(=O)N2CCCCC2)o1. The van der Waals surface area contributed by atoms with E-state index < -0.39 is 10.0 Å². The lowest BCUT2D eigenvalue weighted by Crippen LogP contribution is -2.35. The first-order valence-electron chi connectivity index (χ1n) is 9.16. The summed E-state index contributed by atoms with van der Waals surface area (Å²) in [5, 5.41) is 0.664. The van der Waals surface area contributed by atoms with Crippen LogP contribution < -0.4 is 0 Å². The summed E-state index contributed by atoms with van der Waals surface area (Å²) in [4.78, 5) is 14.4. The van der Waals surface area contributed by atoms with Crippen LogP contribution in [-0.4, -0.2) is 43.2 Å². The smallest absolute Gasteiger partial charge is 0.289 e. The maximum absolute atomic E-state index is 12.8. The molecule has 0 spiro atoms. The minimum atomic E-state index is -3.71. The van der Waals surface area contributed by atoms with E-state index in [1.54, 1.807) is 23.1 Å². The number of furan rings is 1. The molecule has 3 rings (SSSR count). The molecule has 0 unspecified atom stereocenters. The zero-order valence-electron chi connectivity index (χ0n) is 15.5. The van der Waals surface area contributed by atoms with E-state index in [-0.39, 0.29) is 16.8 Å². The van der Waals surface area contributed by atoms with Crippen molar-refractivity contribution in [1.82, 2.24) is 9.21 Å². The van der Waals surface area contributed by atoms with Gasteiger partial charge in [-0.05, 0) is 49.6 Å². The van der Waals surface area contributed by atoms with E-state index in [0.29, 0.717) is 36.2 Å². The standard InChI is InChI=1S/C19H22Cl2N2O4S/c1-2-22(13-14-6-7-15(20)16(21)12-14)19(24)17-8-9-18(27-17)28(25,26)23-10-4-3-5-11-23/h6-9,12H,2-5,10-11,13H2,1H3. The van der Waals surface area contributed by atoms with E-state index in [4.69, 9.17) is 27.6 Å². The molecule has 0 aliphatic carbocycles. The molecule has 1 aromatic carbocycles. The molecule has 28 heavy (non-hydrogen) atoms. The fraction of sp³-hybridized carbons (Fsp3) is 0.421. The van der Waals surface area contributed by atoms with E-state index in [9.17, 15) is 13.2 Å². The summed E-state index contributed by atoms with van der Waals surface area (Å²) in [6.45, 7) is 3.52. The quantitative estimate of drug-likeness (QED) is 0.660. The maximum Gasteiger partial charge on any atom is 0.289 e. The van der Waals surface area contributed by atoms with Crippen molar-refractivity contribution in [3.8, 4) is 0 Å². The van der Waals surface area contributed by atoms with Crippen LogP contribution in [0.1, 0.15) is 42.3 Å². The molecular formula is C19H22Cl2N2O4S. The van der Waals surface area contributed by atoms with Gasteiger partial charge in [0.15, 0.2) is 5.76 Å². The van der Waals surface area contributed by atoms with Crippen molar-refractivity contribution in [2.24, 2.45) is 0 Å². The molecule has 0 bridgehead atoms. The highest BCUT2D eigenvalue weighted by atomic mass is 35.5. The average molecular weight is 445 g/mol. The first-order chi connectivity index (χ1) is 13.3. The van der Waals surface area contributed by atoms with Gasteiger partial charge in [-0.1, -0.05) is 35.7 Å². The predicted octanol–water partition coefficient (Wildman–Crippen LogP) is 4.42. The highest BCUT2D eigenvalue weighted by Gasteiger charge is 2.30. The first-order valence-corrected chi connectivity index (χ1v) is 11.4. The molecule has 0 N–H and O–H groups in total. The molecule has 1 aromatic heterocycles. The third-order valence-corrected chi connectivity index (χ3v) is 7.24. The van der Waals surface area contributed by atoms with Crippen LogP contribution in [0.15, 0.2) is 39.8 Å². The highest BCUT2D eigenvalue weighted by molar-refractivity contribution is 7.89. The van der Waals surface area contributed by atoms with Gasteiger partial charge in [-0.3, -0.25) is 4.79 Å². The Morgan fingerprint density at radius 1 is 1.11 bits per heavy atom. The second-order valence-electron chi connectivity index (χ2n) is 6.65. The molecule has 1 saturated heterocycles. The lowest BCUT2D eigenvalue weighted by Gasteiger charge is -2.24. The largest absolute Gasteiger partial charge is 0.438 e. The normalized spacial score (nSPS) is 15.5. The summed E-state index contributed by atoms with van der Waals surface area (Å²) in [5.41, 5.74) is 0.817. The van der Waals surface area contributed by atoms with E-state index in [2.05, 4.69) is 0 Å². The third-order valence-electron chi connectivity index (χ3n) is 4.73. The molecular weight excluding hydrogens is 423 g/mol. The summed E-state index contributed by atoms with van der Waals surface area (Å²) in [6.07, 6.45) is 2.69. The zero-order chi connectivity index (χ0) is 20.3. The number of carbonyl (C=O) groups is 1. The van der Waals surface area contributed by atoms with Gasteiger partial charge in [0.2, 0.25) is 5.09 Å². The van der Waals surface area contributed by atoms with Crippen molar-refractivity contribution in [1.29, 1.82) is 0 Å². The molecule has 1 aliphatic rings. The zero-order valence-corrected chi connectivity index (χ0v) is 17.9. The predicted molar refractivity (Wildman–Crippen MR) is 108 cm³/mol. The second kappa shape index (κ2) is 8.86.